The normalized spacial score (nSPS) is 56.8. The van der Waals surface area contributed by atoms with E-state index in [1.165, 1.54) is 32.1 Å². The van der Waals surface area contributed by atoms with Crippen LogP contribution in [0.3, 0.4) is 0 Å². The van der Waals surface area contributed by atoms with Crippen LogP contribution in [0.25, 0.3) is 5.32 Å². The Morgan fingerprint density at radius 2 is 1.53 bits per heavy atom. The van der Waals surface area contributed by atoms with E-state index in [1.54, 1.807) is 0 Å². The molecule has 0 aromatic rings. The Bertz CT molecular complexity index is 316. The summed E-state index contributed by atoms with van der Waals surface area (Å²) in [5.74, 6) is 2.51. The van der Waals surface area contributed by atoms with E-state index in [-0.39, 0.29) is 0 Å². The van der Waals surface area contributed by atoms with Crippen molar-refractivity contribution >= 4 is 0 Å². The molecule has 0 radical (unpaired) electrons. The van der Waals surface area contributed by atoms with Crippen molar-refractivity contribution in [3.8, 4) is 0 Å². The van der Waals surface area contributed by atoms with Gasteiger partial charge in [-0.3, -0.25) is 0 Å². The van der Waals surface area contributed by atoms with Crippen LogP contribution in [0.5, 0.6) is 0 Å². The monoisotopic (exact) mass is 234 g/mol. The smallest absolute Gasteiger partial charge is 0.0290 e. The molecule has 4 aliphatic carbocycles. The summed E-state index contributed by atoms with van der Waals surface area (Å²) in [6, 6.07) is 0. The van der Waals surface area contributed by atoms with Gasteiger partial charge in [0, 0.05) is 0 Å². The molecule has 3 atom stereocenters. The van der Waals surface area contributed by atoms with Gasteiger partial charge < -0.3 is 5.32 Å². The van der Waals surface area contributed by atoms with E-state index in [2.05, 4.69) is 34.7 Å². The zero-order valence-corrected chi connectivity index (χ0v) is 12.2. The summed E-state index contributed by atoms with van der Waals surface area (Å²) in [6.07, 6.45) is 7.22. The van der Waals surface area contributed by atoms with E-state index in [1.807, 2.05) is 0 Å². The highest BCUT2D eigenvalue weighted by molar-refractivity contribution is 5.24. The number of hydrogen-bond acceptors (Lipinski definition) is 0. The van der Waals surface area contributed by atoms with Crippen LogP contribution >= 0.6 is 0 Å². The van der Waals surface area contributed by atoms with Crippen molar-refractivity contribution < 1.29 is 0 Å². The lowest BCUT2D eigenvalue weighted by Crippen LogP contribution is -2.59. The minimum Gasteiger partial charge on any atom is -0.659 e. The third-order valence-corrected chi connectivity index (χ3v) is 7.03. The van der Waals surface area contributed by atoms with Crippen LogP contribution in [0.15, 0.2) is 0 Å². The van der Waals surface area contributed by atoms with Gasteiger partial charge in [0.15, 0.2) is 0 Å². The number of nitrogens with zero attached hydrogens (tertiary/aromatic N) is 1. The largest absolute Gasteiger partial charge is 0.659 e. The predicted octanol–water partition coefficient (Wildman–Crippen LogP) is 4.62. The van der Waals surface area contributed by atoms with Crippen LogP contribution in [0.4, 0.5) is 0 Å². The van der Waals surface area contributed by atoms with Crippen molar-refractivity contribution in [2.45, 2.75) is 65.3 Å². The standard InChI is InChI=1S/C16H28N/c1-11(2)16(17-5)10-13-14(3)6-7-15(13,4)9-12(16)8-14/h11-13H,6-10H2,1-5H3/q-1. The van der Waals surface area contributed by atoms with E-state index in [0.29, 0.717) is 22.3 Å². The van der Waals surface area contributed by atoms with Crippen LogP contribution < -0.4 is 0 Å². The number of fused-ring (bicyclic) bond motifs is 1. The lowest BCUT2D eigenvalue weighted by molar-refractivity contribution is -0.0852. The van der Waals surface area contributed by atoms with Crippen molar-refractivity contribution in [2.75, 3.05) is 7.05 Å². The average Bonchev–Trinajstić information content (AvgIpc) is 2.42. The van der Waals surface area contributed by atoms with Gasteiger partial charge in [-0.05, 0) is 42.4 Å². The molecule has 0 aromatic heterocycles. The van der Waals surface area contributed by atoms with Gasteiger partial charge in [-0.2, -0.15) is 7.05 Å². The van der Waals surface area contributed by atoms with E-state index in [4.69, 9.17) is 5.32 Å². The van der Waals surface area contributed by atoms with E-state index in [9.17, 15) is 0 Å². The highest BCUT2D eigenvalue weighted by Crippen LogP contribution is 2.72. The lowest BCUT2D eigenvalue weighted by Gasteiger charge is -2.69. The van der Waals surface area contributed by atoms with Crippen molar-refractivity contribution in [1.82, 2.24) is 0 Å². The lowest BCUT2D eigenvalue weighted by atomic mass is 9.45. The Labute approximate surface area is 107 Å². The average molecular weight is 234 g/mol. The van der Waals surface area contributed by atoms with Crippen molar-refractivity contribution in [3.63, 3.8) is 0 Å². The summed E-state index contributed by atoms with van der Waals surface area (Å²) >= 11 is 0. The van der Waals surface area contributed by atoms with Crippen molar-refractivity contribution in [2.24, 2.45) is 28.6 Å². The number of rotatable bonds is 2. The molecule has 0 spiro atoms. The third-order valence-electron chi connectivity index (χ3n) is 7.03. The number of hydrogen-bond donors (Lipinski definition) is 0. The molecule has 4 rings (SSSR count). The first-order valence-electron chi connectivity index (χ1n) is 7.47. The molecule has 4 bridgehead atoms. The molecule has 4 aliphatic rings. The second-order valence-corrected chi connectivity index (χ2v) is 8.04. The molecule has 0 saturated heterocycles. The van der Waals surface area contributed by atoms with Crippen molar-refractivity contribution in [3.05, 3.63) is 5.32 Å². The molecule has 0 N–H and O–H groups in total. The van der Waals surface area contributed by atoms with Crippen LogP contribution in [0.1, 0.15) is 59.8 Å². The van der Waals surface area contributed by atoms with Gasteiger partial charge in [0.05, 0.1) is 0 Å². The molecule has 1 heteroatoms. The molecule has 0 aliphatic heterocycles. The Hall–Kier alpha value is -0.0400. The first kappa shape index (κ1) is 12.0. The third kappa shape index (κ3) is 1.30. The first-order valence-corrected chi connectivity index (χ1v) is 7.47. The molecule has 17 heavy (non-hydrogen) atoms. The van der Waals surface area contributed by atoms with Gasteiger partial charge in [-0.25, -0.2) is 0 Å². The second-order valence-electron chi connectivity index (χ2n) is 8.04. The molecule has 1 nitrogen and oxygen atoms in total. The quantitative estimate of drug-likeness (QED) is 0.662. The molecule has 3 unspecified atom stereocenters. The molecule has 4 fully saturated rings. The highest BCUT2D eigenvalue weighted by Gasteiger charge is 2.63. The van der Waals surface area contributed by atoms with Crippen LogP contribution in [0.2, 0.25) is 0 Å². The Balaban J connectivity index is 2.00. The molecule has 0 heterocycles. The summed E-state index contributed by atoms with van der Waals surface area (Å²) in [6.45, 7) is 9.91. The maximum atomic E-state index is 4.92. The maximum absolute atomic E-state index is 4.92. The first-order chi connectivity index (χ1) is 7.86. The zero-order valence-electron chi connectivity index (χ0n) is 12.2. The van der Waals surface area contributed by atoms with Crippen molar-refractivity contribution in [1.29, 1.82) is 0 Å². The summed E-state index contributed by atoms with van der Waals surface area (Å²) < 4.78 is 0. The molecular formula is C16H28N-. The second kappa shape index (κ2) is 3.29. The van der Waals surface area contributed by atoms with Crippen LogP contribution in [0, 0.1) is 28.6 Å². The summed E-state index contributed by atoms with van der Waals surface area (Å²) in [7, 11) is 2.08. The molecule has 0 aromatic carbocycles. The minimum absolute atomic E-state index is 0.314. The topological polar surface area (TPSA) is 14.1 Å². The van der Waals surface area contributed by atoms with Gasteiger partial charge in [-0.1, -0.05) is 46.0 Å². The Kier molecular flexibility index (Phi) is 2.32. The van der Waals surface area contributed by atoms with E-state index in [0.717, 1.165) is 11.8 Å². The zero-order chi connectivity index (χ0) is 12.5. The van der Waals surface area contributed by atoms with E-state index >= 15 is 0 Å². The Morgan fingerprint density at radius 3 is 1.88 bits per heavy atom. The SMILES string of the molecule is C[N-]C1(C(C)C)CC2C3(C)CCC2(C)CC1C3. The van der Waals surface area contributed by atoms with Gasteiger partial charge in [0.1, 0.15) is 0 Å². The van der Waals surface area contributed by atoms with Gasteiger partial charge >= 0.3 is 0 Å². The highest BCUT2D eigenvalue weighted by atomic mass is 15.0. The fraction of sp³-hybridized carbons (Fsp3) is 1.00. The summed E-state index contributed by atoms with van der Waals surface area (Å²) in [5, 5.41) is 4.92. The molecule has 0 amide bonds. The van der Waals surface area contributed by atoms with Crippen LogP contribution in [-0.2, 0) is 0 Å². The van der Waals surface area contributed by atoms with E-state index < -0.39 is 0 Å². The molecule has 4 saturated carbocycles. The molecule has 98 valence electrons. The summed E-state index contributed by atoms with van der Waals surface area (Å²) in [5.41, 5.74) is 1.62. The molecular weight excluding hydrogens is 206 g/mol. The summed E-state index contributed by atoms with van der Waals surface area (Å²) in [4.78, 5) is 0. The predicted molar refractivity (Wildman–Crippen MR) is 73.1 cm³/mol. The maximum Gasteiger partial charge on any atom is -0.0290 e. The fourth-order valence-corrected chi connectivity index (χ4v) is 6.03. The minimum atomic E-state index is 0.314. The van der Waals surface area contributed by atoms with Gasteiger partial charge in [0.25, 0.3) is 0 Å². The van der Waals surface area contributed by atoms with Crippen LogP contribution in [-0.4, -0.2) is 12.6 Å². The Morgan fingerprint density at radius 1 is 1.00 bits per heavy atom. The van der Waals surface area contributed by atoms with Gasteiger partial charge in [-0.15, -0.1) is 5.54 Å². The van der Waals surface area contributed by atoms with Gasteiger partial charge in [0.2, 0.25) is 0 Å². The fourth-order valence-electron chi connectivity index (χ4n) is 6.03.